The maximum Gasteiger partial charge on any atom is 0.156 e. The second-order valence-corrected chi connectivity index (χ2v) is 5.67. The third kappa shape index (κ3) is 3.52. The van der Waals surface area contributed by atoms with Gasteiger partial charge in [0.05, 0.1) is 5.69 Å². The monoisotopic (exact) mass is 291 g/mol. The van der Waals surface area contributed by atoms with Crippen LogP contribution in [-0.4, -0.2) is 47.8 Å². The number of rotatable bonds is 6. The number of hydrogen-bond acceptors (Lipinski definition) is 5. The van der Waals surface area contributed by atoms with Gasteiger partial charge in [0.1, 0.15) is 0 Å². The largest absolute Gasteiger partial charge is 0.352 e. The van der Waals surface area contributed by atoms with Crippen LogP contribution < -0.4 is 10.6 Å². The van der Waals surface area contributed by atoms with Gasteiger partial charge in [0, 0.05) is 38.3 Å². The Labute approximate surface area is 128 Å². The zero-order valence-electron chi connectivity index (χ0n) is 13.7. The number of nitrogens with two attached hydrogens (primary N) is 1. The summed E-state index contributed by atoms with van der Waals surface area (Å²) in [4.78, 5) is 4.88. The third-order valence-electron chi connectivity index (χ3n) is 4.35. The van der Waals surface area contributed by atoms with Crippen molar-refractivity contribution < 1.29 is 0 Å². The number of aromatic nitrogens is 2. The highest BCUT2D eigenvalue weighted by atomic mass is 15.3. The lowest BCUT2D eigenvalue weighted by molar-refractivity contribution is 0.257. The molecule has 0 radical (unpaired) electrons. The summed E-state index contributed by atoms with van der Waals surface area (Å²) in [6, 6.07) is 0. The SMILES string of the molecule is CCCN1CCN(c2nnc(CC)c(CC)c2CN)CC1. The van der Waals surface area contributed by atoms with Gasteiger partial charge in [-0.25, -0.2) is 0 Å². The lowest BCUT2D eigenvalue weighted by atomic mass is 10.0. The van der Waals surface area contributed by atoms with E-state index in [1.165, 1.54) is 24.1 Å². The average molecular weight is 291 g/mol. The maximum atomic E-state index is 6.03. The molecule has 1 aliphatic heterocycles. The zero-order chi connectivity index (χ0) is 15.2. The van der Waals surface area contributed by atoms with Crippen molar-refractivity contribution in [3.05, 3.63) is 16.8 Å². The van der Waals surface area contributed by atoms with Crippen LogP contribution in [0.5, 0.6) is 0 Å². The van der Waals surface area contributed by atoms with Crippen LogP contribution >= 0.6 is 0 Å². The van der Waals surface area contributed by atoms with Gasteiger partial charge in [0.15, 0.2) is 5.82 Å². The summed E-state index contributed by atoms with van der Waals surface area (Å²) in [6.45, 7) is 12.6. The molecule has 1 fully saturated rings. The first kappa shape index (κ1) is 16.2. The molecule has 1 saturated heterocycles. The highest BCUT2D eigenvalue weighted by Crippen LogP contribution is 2.24. The molecule has 0 atom stereocenters. The summed E-state index contributed by atoms with van der Waals surface area (Å²) in [5, 5.41) is 8.95. The zero-order valence-corrected chi connectivity index (χ0v) is 13.7. The predicted molar refractivity (Wildman–Crippen MR) is 87.6 cm³/mol. The van der Waals surface area contributed by atoms with Crippen molar-refractivity contribution in [1.29, 1.82) is 0 Å². The van der Waals surface area contributed by atoms with Gasteiger partial charge in [-0.3, -0.25) is 4.90 Å². The molecule has 1 aromatic heterocycles. The van der Waals surface area contributed by atoms with Crippen molar-refractivity contribution in [3.8, 4) is 0 Å². The summed E-state index contributed by atoms with van der Waals surface area (Å²) in [6.07, 6.45) is 3.13. The molecule has 5 heteroatoms. The van der Waals surface area contributed by atoms with Crippen LogP contribution in [0.3, 0.4) is 0 Å². The molecule has 0 unspecified atom stereocenters. The Morgan fingerprint density at radius 1 is 0.952 bits per heavy atom. The average Bonchev–Trinajstić information content (AvgIpc) is 2.54. The number of hydrogen-bond donors (Lipinski definition) is 1. The van der Waals surface area contributed by atoms with Gasteiger partial charge >= 0.3 is 0 Å². The fourth-order valence-electron chi connectivity index (χ4n) is 3.21. The second kappa shape index (κ2) is 7.71. The molecule has 2 rings (SSSR count). The van der Waals surface area contributed by atoms with E-state index in [-0.39, 0.29) is 0 Å². The molecule has 0 saturated carbocycles. The lowest BCUT2D eigenvalue weighted by Gasteiger charge is -2.36. The fraction of sp³-hybridized carbons (Fsp3) is 0.750. The molecular weight excluding hydrogens is 262 g/mol. The molecule has 21 heavy (non-hydrogen) atoms. The third-order valence-corrected chi connectivity index (χ3v) is 4.35. The van der Waals surface area contributed by atoms with E-state index in [0.29, 0.717) is 6.54 Å². The highest BCUT2D eigenvalue weighted by Gasteiger charge is 2.22. The van der Waals surface area contributed by atoms with E-state index < -0.39 is 0 Å². The minimum absolute atomic E-state index is 0.552. The number of aryl methyl sites for hydroxylation is 1. The van der Waals surface area contributed by atoms with E-state index in [4.69, 9.17) is 5.73 Å². The Bertz CT molecular complexity index is 452. The van der Waals surface area contributed by atoms with Crippen LogP contribution in [-0.2, 0) is 19.4 Å². The normalized spacial score (nSPS) is 16.5. The molecule has 1 aromatic rings. The Balaban J connectivity index is 2.20. The summed E-state index contributed by atoms with van der Waals surface area (Å²) in [5.41, 5.74) is 9.64. The van der Waals surface area contributed by atoms with Crippen molar-refractivity contribution in [2.24, 2.45) is 5.73 Å². The van der Waals surface area contributed by atoms with Gasteiger partial charge < -0.3 is 10.6 Å². The van der Waals surface area contributed by atoms with Gasteiger partial charge in [-0.15, -0.1) is 5.10 Å². The quantitative estimate of drug-likeness (QED) is 0.862. The molecule has 1 aliphatic rings. The van der Waals surface area contributed by atoms with Crippen LogP contribution in [0.2, 0.25) is 0 Å². The van der Waals surface area contributed by atoms with E-state index >= 15 is 0 Å². The van der Waals surface area contributed by atoms with E-state index in [1.807, 2.05) is 0 Å². The van der Waals surface area contributed by atoms with E-state index in [0.717, 1.165) is 50.5 Å². The number of piperazine rings is 1. The first-order chi connectivity index (χ1) is 10.2. The van der Waals surface area contributed by atoms with Gasteiger partial charge in [-0.1, -0.05) is 20.8 Å². The Morgan fingerprint density at radius 3 is 2.19 bits per heavy atom. The van der Waals surface area contributed by atoms with Crippen LogP contribution in [0.4, 0.5) is 5.82 Å². The van der Waals surface area contributed by atoms with Crippen LogP contribution in [0, 0.1) is 0 Å². The topological polar surface area (TPSA) is 58.3 Å². The number of anilines is 1. The van der Waals surface area contributed by atoms with Gasteiger partial charge in [-0.2, -0.15) is 5.10 Å². The molecular formula is C16H29N5. The fourth-order valence-corrected chi connectivity index (χ4v) is 3.21. The Hall–Kier alpha value is -1.20. The summed E-state index contributed by atoms with van der Waals surface area (Å²) >= 11 is 0. The lowest BCUT2D eigenvalue weighted by Crippen LogP contribution is -2.47. The molecule has 2 heterocycles. The molecule has 0 aliphatic carbocycles. The molecule has 118 valence electrons. The summed E-state index contributed by atoms with van der Waals surface area (Å²) in [5.74, 6) is 1.02. The maximum absolute atomic E-state index is 6.03. The van der Waals surface area contributed by atoms with E-state index in [1.54, 1.807) is 0 Å². The van der Waals surface area contributed by atoms with Gasteiger partial charge in [0.2, 0.25) is 0 Å². The smallest absolute Gasteiger partial charge is 0.156 e. The summed E-state index contributed by atoms with van der Waals surface area (Å²) < 4.78 is 0. The second-order valence-electron chi connectivity index (χ2n) is 5.67. The molecule has 2 N–H and O–H groups in total. The first-order valence-electron chi connectivity index (χ1n) is 8.29. The molecule has 5 nitrogen and oxygen atoms in total. The van der Waals surface area contributed by atoms with E-state index in [2.05, 4.69) is 40.8 Å². The highest BCUT2D eigenvalue weighted by molar-refractivity contribution is 5.51. The molecule has 0 amide bonds. The Morgan fingerprint density at radius 2 is 1.67 bits per heavy atom. The van der Waals surface area contributed by atoms with Crippen molar-refractivity contribution in [1.82, 2.24) is 15.1 Å². The number of nitrogens with zero attached hydrogens (tertiary/aromatic N) is 4. The van der Waals surface area contributed by atoms with Crippen molar-refractivity contribution in [2.45, 2.75) is 46.6 Å². The standard InChI is InChI=1S/C16H29N5/c1-4-7-20-8-10-21(11-9-20)16-14(12-17)13(5-2)15(6-3)18-19-16/h4-12,17H2,1-3H3. The van der Waals surface area contributed by atoms with E-state index in [9.17, 15) is 0 Å². The molecule has 0 bridgehead atoms. The first-order valence-corrected chi connectivity index (χ1v) is 8.29. The van der Waals surface area contributed by atoms with Crippen molar-refractivity contribution in [3.63, 3.8) is 0 Å². The van der Waals surface area contributed by atoms with Crippen molar-refractivity contribution in [2.75, 3.05) is 37.6 Å². The molecule has 0 aromatic carbocycles. The van der Waals surface area contributed by atoms with Crippen LogP contribution in [0.1, 0.15) is 44.0 Å². The van der Waals surface area contributed by atoms with Gasteiger partial charge in [-0.05, 0) is 31.4 Å². The summed E-state index contributed by atoms with van der Waals surface area (Å²) in [7, 11) is 0. The predicted octanol–water partition coefficient (Wildman–Crippen LogP) is 1.59. The Kier molecular flexibility index (Phi) is 5.94. The van der Waals surface area contributed by atoms with Crippen molar-refractivity contribution >= 4 is 5.82 Å². The van der Waals surface area contributed by atoms with Crippen LogP contribution in [0.25, 0.3) is 0 Å². The minimum atomic E-state index is 0.552. The van der Waals surface area contributed by atoms with Crippen LogP contribution in [0.15, 0.2) is 0 Å². The molecule has 0 spiro atoms. The van der Waals surface area contributed by atoms with Gasteiger partial charge in [0.25, 0.3) is 0 Å². The minimum Gasteiger partial charge on any atom is -0.352 e.